The number of fused-ring (bicyclic) bond motifs is 1. The molecule has 0 fully saturated rings. The molecular formula is C30H21Cl2N5OS2. The monoisotopic (exact) mass is 601 g/mol. The van der Waals surface area contributed by atoms with Crippen molar-refractivity contribution in [2.75, 3.05) is 11.1 Å². The summed E-state index contributed by atoms with van der Waals surface area (Å²) in [7, 11) is 0. The second-order valence-corrected chi connectivity index (χ2v) is 11.9. The van der Waals surface area contributed by atoms with Crippen molar-refractivity contribution in [3.05, 3.63) is 107 Å². The summed E-state index contributed by atoms with van der Waals surface area (Å²) in [5.41, 5.74) is 5.62. The highest BCUT2D eigenvalue weighted by Gasteiger charge is 2.18. The minimum Gasteiger partial charge on any atom is -0.325 e. The van der Waals surface area contributed by atoms with Gasteiger partial charge in [0.1, 0.15) is 5.01 Å². The van der Waals surface area contributed by atoms with E-state index in [9.17, 15) is 4.79 Å². The van der Waals surface area contributed by atoms with E-state index in [0.717, 1.165) is 32.0 Å². The van der Waals surface area contributed by atoms with Crippen LogP contribution in [-0.2, 0) is 4.79 Å². The minimum atomic E-state index is -0.146. The Bertz CT molecular complexity index is 1810. The summed E-state index contributed by atoms with van der Waals surface area (Å²) in [6.07, 6.45) is 0. The lowest BCUT2D eigenvalue weighted by Gasteiger charge is -2.11. The Hall–Kier alpha value is -3.69. The molecule has 0 aliphatic rings. The molecule has 1 amide bonds. The summed E-state index contributed by atoms with van der Waals surface area (Å²) in [6.45, 7) is 2.08. The quantitative estimate of drug-likeness (QED) is 0.185. The number of aromatic nitrogens is 4. The van der Waals surface area contributed by atoms with E-state index >= 15 is 0 Å². The maximum Gasteiger partial charge on any atom is 0.234 e. The molecule has 6 rings (SSSR count). The third-order valence-corrected chi connectivity index (χ3v) is 8.61. The molecule has 2 aromatic heterocycles. The summed E-state index contributed by atoms with van der Waals surface area (Å²) in [5, 5.41) is 14.6. The molecule has 0 unspecified atom stereocenters. The molecule has 10 heteroatoms. The second-order valence-electron chi connectivity index (χ2n) is 9.03. The zero-order valence-electron chi connectivity index (χ0n) is 21.1. The Morgan fingerprint density at radius 2 is 1.55 bits per heavy atom. The Balaban J connectivity index is 1.17. The van der Waals surface area contributed by atoms with Gasteiger partial charge in [-0.15, -0.1) is 21.5 Å². The Labute approximate surface area is 249 Å². The van der Waals surface area contributed by atoms with Crippen LogP contribution < -0.4 is 5.32 Å². The molecule has 0 saturated carbocycles. The van der Waals surface area contributed by atoms with E-state index in [2.05, 4.69) is 34.6 Å². The highest BCUT2D eigenvalue weighted by Crippen LogP contribution is 2.32. The van der Waals surface area contributed by atoms with Gasteiger partial charge in [-0.25, -0.2) is 4.98 Å². The molecule has 2 heterocycles. The van der Waals surface area contributed by atoms with E-state index in [-0.39, 0.29) is 11.7 Å². The van der Waals surface area contributed by atoms with Crippen molar-refractivity contribution in [3.8, 4) is 27.6 Å². The first-order valence-corrected chi connectivity index (χ1v) is 14.9. The van der Waals surface area contributed by atoms with Gasteiger partial charge in [0.25, 0.3) is 0 Å². The van der Waals surface area contributed by atoms with Crippen molar-refractivity contribution >= 4 is 68.1 Å². The summed E-state index contributed by atoms with van der Waals surface area (Å²) >= 11 is 15.2. The van der Waals surface area contributed by atoms with Crippen molar-refractivity contribution in [1.29, 1.82) is 0 Å². The van der Waals surface area contributed by atoms with Crippen molar-refractivity contribution < 1.29 is 4.79 Å². The van der Waals surface area contributed by atoms with E-state index < -0.39 is 0 Å². The summed E-state index contributed by atoms with van der Waals surface area (Å²) < 4.78 is 3.07. The molecule has 6 nitrogen and oxygen atoms in total. The number of anilines is 1. The first-order valence-electron chi connectivity index (χ1n) is 12.3. The van der Waals surface area contributed by atoms with Gasteiger partial charge in [-0.3, -0.25) is 9.36 Å². The standard InChI is InChI=1S/C30H21Cl2N5OS2/c1-18-2-15-25-26(16-18)40-29(34-25)20-5-11-23(12-6-20)33-27(38)17-39-30-36-35-28(19-3-7-21(31)8-4-19)37(30)24-13-9-22(32)10-14-24/h2-16H,17H2,1H3,(H,33,38). The van der Waals surface area contributed by atoms with Gasteiger partial charge in [0.15, 0.2) is 11.0 Å². The average molecular weight is 603 g/mol. The number of hydrogen-bond acceptors (Lipinski definition) is 6. The third kappa shape index (κ3) is 5.76. The van der Waals surface area contributed by atoms with Crippen molar-refractivity contribution in [2.45, 2.75) is 12.1 Å². The molecule has 198 valence electrons. The molecule has 0 spiro atoms. The lowest BCUT2D eigenvalue weighted by Crippen LogP contribution is -2.14. The number of thioether (sulfide) groups is 1. The van der Waals surface area contributed by atoms with Gasteiger partial charge in [0, 0.05) is 32.5 Å². The molecule has 6 aromatic rings. The van der Waals surface area contributed by atoms with Crippen LogP contribution in [0.1, 0.15) is 5.56 Å². The highest BCUT2D eigenvalue weighted by molar-refractivity contribution is 7.99. The maximum atomic E-state index is 12.9. The minimum absolute atomic E-state index is 0.146. The molecule has 0 atom stereocenters. The van der Waals surface area contributed by atoms with Crippen LogP contribution in [0.3, 0.4) is 0 Å². The van der Waals surface area contributed by atoms with Crippen LogP contribution in [0.2, 0.25) is 10.0 Å². The number of carbonyl (C=O) groups is 1. The van der Waals surface area contributed by atoms with Crippen molar-refractivity contribution in [2.24, 2.45) is 0 Å². The van der Waals surface area contributed by atoms with Gasteiger partial charge < -0.3 is 5.32 Å². The number of carbonyl (C=O) groups excluding carboxylic acids is 1. The molecule has 4 aromatic carbocycles. The lowest BCUT2D eigenvalue weighted by molar-refractivity contribution is -0.113. The normalized spacial score (nSPS) is 11.2. The molecule has 0 radical (unpaired) electrons. The van der Waals surface area contributed by atoms with Crippen molar-refractivity contribution in [3.63, 3.8) is 0 Å². The predicted molar refractivity (Wildman–Crippen MR) is 166 cm³/mol. The maximum absolute atomic E-state index is 12.9. The van der Waals surface area contributed by atoms with Crippen LogP contribution in [-0.4, -0.2) is 31.4 Å². The van der Waals surface area contributed by atoms with Gasteiger partial charge in [0.2, 0.25) is 5.91 Å². The van der Waals surface area contributed by atoms with Crippen LogP contribution in [0.5, 0.6) is 0 Å². The summed E-state index contributed by atoms with van der Waals surface area (Å²) in [6, 6.07) is 28.8. The van der Waals surface area contributed by atoms with Crippen LogP contribution in [0.15, 0.2) is 96.2 Å². The summed E-state index contributed by atoms with van der Waals surface area (Å²) in [5.74, 6) is 0.653. The van der Waals surface area contributed by atoms with Crippen LogP contribution in [0.4, 0.5) is 5.69 Å². The number of nitrogens with one attached hydrogen (secondary N) is 1. The third-order valence-electron chi connectivity index (χ3n) is 6.11. The molecule has 40 heavy (non-hydrogen) atoms. The lowest BCUT2D eigenvalue weighted by atomic mass is 10.2. The SMILES string of the molecule is Cc1ccc2nc(-c3ccc(NC(=O)CSc4nnc(-c5ccc(Cl)cc5)n4-c4ccc(Cl)cc4)cc3)sc2c1. The second kappa shape index (κ2) is 11.4. The van der Waals surface area contributed by atoms with Gasteiger partial charge in [-0.1, -0.05) is 41.0 Å². The topological polar surface area (TPSA) is 72.7 Å². The zero-order chi connectivity index (χ0) is 27.6. The van der Waals surface area contributed by atoms with Gasteiger partial charge in [0.05, 0.1) is 16.0 Å². The number of nitrogens with zero attached hydrogens (tertiary/aromatic N) is 4. The molecular weight excluding hydrogens is 581 g/mol. The van der Waals surface area contributed by atoms with Crippen molar-refractivity contribution in [1.82, 2.24) is 19.7 Å². The van der Waals surface area contributed by atoms with E-state index in [4.69, 9.17) is 28.2 Å². The molecule has 1 N–H and O–H groups in total. The Morgan fingerprint density at radius 1 is 0.875 bits per heavy atom. The number of halogens is 2. The number of rotatable bonds is 7. The van der Waals surface area contributed by atoms with Crippen LogP contribution in [0, 0.1) is 6.92 Å². The van der Waals surface area contributed by atoms with Gasteiger partial charge >= 0.3 is 0 Å². The van der Waals surface area contributed by atoms with Crippen LogP contribution >= 0.6 is 46.3 Å². The number of hydrogen-bond donors (Lipinski definition) is 1. The summed E-state index contributed by atoms with van der Waals surface area (Å²) in [4.78, 5) is 17.6. The van der Waals surface area contributed by atoms with Gasteiger partial charge in [-0.2, -0.15) is 0 Å². The number of benzene rings is 4. The molecule has 0 saturated heterocycles. The zero-order valence-corrected chi connectivity index (χ0v) is 24.3. The predicted octanol–water partition coefficient (Wildman–Crippen LogP) is 8.56. The largest absolute Gasteiger partial charge is 0.325 e. The van der Waals surface area contributed by atoms with Crippen LogP contribution in [0.25, 0.3) is 37.9 Å². The number of thiazole rings is 1. The van der Waals surface area contributed by atoms with E-state index in [1.165, 1.54) is 17.3 Å². The number of amides is 1. The molecule has 0 aliphatic carbocycles. The van der Waals surface area contributed by atoms with E-state index in [1.807, 2.05) is 71.3 Å². The molecule has 0 bridgehead atoms. The Kier molecular flexibility index (Phi) is 7.58. The fourth-order valence-electron chi connectivity index (χ4n) is 4.15. The molecule has 0 aliphatic heterocycles. The van der Waals surface area contributed by atoms with E-state index in [0.29, 0.717) is 26.7 Å². The number of aryl methyl sites for hydroxylation is 1. The van der Waals surface area contributed by atoms with Gasteiger partial charge in [-0.05, 0) is 97.4 Å². The Morgan fingerprint density at radius 3 is 2.27 bits per heavy atom. The van der Waals surface area contributed by atoms with E-state index in [1.54, 1.807) is 23.5 Å². The highest BCUT2D eigenvalue weighted by atomic mass is 35.5. The first-order chi connectivity index (χ1) is 19.4. The fraction of sp³-hybridized carbons (Fsp3) is 0.0667. The average Bonchev–Trinajstić information content (AvgIpc) is 3.57. The fourth-order valence-corrected chi connectivity index (χ4v) is 6.22. The smallest absolute Gasteiger partial charge is 0.234 e. The first kappa shape index (κ1) is 26.5.